The number of rotatable bonds is 0. The van der Waals surface area contributed by atoms with E-state index in [1.54, 1.807) is 0 Å². The number of aromatic nitrogens is 1. The Balaban J connectivity index is 1.89. The highest BCUT2D eigenvalue weighted by Crippen LogP contribution is 2.38. The van der Waals surface area contributed by atoms with Crippen LogP contribution in [0, 0.1) is 0 Å². The predicted molar refractivity (Wildman–Crippen MR) is 74.1 cm³/mol. The maximum absolute atomic E-state index is 12.2. The summed E-state index contributed by atoms with van der Waals surface area (Å²) in [4.78, 5) is 19.5. The molecule has 0 spiro atoms. The van der Waals surface area contributed by atoms with Gasteiger partial charge in [0, 0.05) is 42.7 Å². The number of carbonyl (C=O) groups excluding carboxylic acids is 1. The minimum Gasteiger partial charge on any atom is -0.357 e. The van der Waals surface area contributed by atoms with E-state index in [-0.39, 0.29) is 6.03 Å². The van der Waals surface area contributed by atoms with Gasteiger partial charge >= 0.3 is 6.03 Å². The molecule has 2 bridgehead atoms. The van der Waals surface area contributed by atoms with E-state index in [9.17, 15) is 4.79 Å². The molecule has 1 saturated heterocycles. The van der Waals surface area contributed by atoms with Crippen LogP contribution in [0.4, 0.5) is 4.79 Å². The van der Waals surface area contributed by atoms with E-state index in [0.29, 0.717) is 12.5 Å². The van der Waals surface area contributed by atoms with Crippen LogP contribution in [-0.2, 0) is 6.54 Å². The molecule has 1 aromatic carbocycles. The number of nitrogens with one attached hydrogen (secondary N) is 1. The fourth-order valence-corrected chi connectivity index (χ4v) is 3.49. The fourth-order valence-electron chi connectivity index (χ4n) is 3.49. The van der Waals surface area contributed by atoms with E-state index in [4.69, 9.17) is 0 Å². The number of H-pyrrole nitrogens is 1. The third kappa shape index (κ3) is 1.49. The van der Waals surface area contributed by atoms with Crippen LogP contribution in [-0.4, -0.2) is 41.0 Å². The summed E-state index contributed by atoms with van der Waals surface area (Å²) in [5.74, 6) is 0.466. The predicted octanol–water partition coefficient (Wildman–Crippen LogP) is 2.52. The molecule has 98 valence electrons. The third-order valence-corrected chi connectivity index (χ3v) is 4.44. The summed E-state index contributed by atoms with van der Waals surface area (Å²) in [5, 5.41) is 1.33. The average molecular weight is 255 g/mol. The van der Waals surface area contributed by atoms with E-state index in [0.717, 1.165) is 19.5 Å². The van der Waals surface area contributed by atoms with E-state index in [1.807, 2.05) is 16.8 Å². The molecular weight excluding hydrogens is 238 g/mol. The van der Waals surface area contributed by atoms with Crippen molar-refractivity contribution >= 4 is 16.9 Å². The molecule has 4 heteroatoms. The van der Waals surface area contributed by atoms with Crippen LogP contribution in [0.3, 0.4) is 0 Å². The van der Waals surface area contributed by atoms with Gasteiger partial charge in [0.15, 0.2) is 0 Å². The van der Waals surface area contributed by atoms with Gasteiger partial charge < -0.3 is 14.8 Å². The van der Waals surface area contributed by atoms with Crippen LogP contribution in [0.15, 0.2) is 24.3 Å². The largest absolute Gasteiger partial charge is 0.357 e. The number of urea groups is 1. The molecule has 1 aromatic heterocycles. The number of para-hydroxylation sites is 1. The summed E-state index contributed by atoms with van der Waals surface area (Å²) in [6.07, 6.45) is 1.05. The molecule has 2 aliphatic heterocycles. The van der Waals surface area contributed by atoms with Crippen LogP contribution in [0.2, 0.25) is 0 Å². The van der Waals surface area contributed by atoms with Gasteiger partial charge in [-0.1, -0.05) is 18.2 Å². The second-order valence-electron chi connectivity index (χ2n) is 5.63. The lowest BCUT2D eigenvalue weighted by Crippen LogP contribution is -2.41. The third-order valence-electron chi connectivity index (χ3n) is 4.44. The van der Waals surface area contributed by atoms with Gasteiger partial charge in [0.2, 0.25) is 0 Å². The van der Waals surface area contributed by atoms with Gasteiger partial charge in [-0.3, -0.25) is 0 Å². The number of carbonyl (C=O) groups is 1. The summed E-state index contributed by atoms with van der Waals surface area (Å²) in [7, 11) is 1.90. The van der Waals surface area contributed by atoms with Gasteiger partial charge in [-0.15, -0.1) is 0 Å². The van der Waals surface area contributed by atoms with Crippen molar-refractivity contribution in [2.24, 2.45) is 0 Å². The van der Waals surface area contributed by atoms with Crippen LogP contribution in [0.1, 0.15) is 23.6 Å². The van der Waals surface area contributed by atoms with Gasteiger partial charge in [0.05, 0.1) is 6.54 Å². The van der Waals surface area contributed by atoms with E-state index < -0.39 is 0 Å². The van der Waals surface area contributed by atoms with Crippen molar-refractivity contribution in [1.82, 2.24) is 14.8 Å². The smallest absolute Gasteiger partial charge is 0.320 e. The van der Waals surface area contributed by atoms with Crippen molar-refractivity contribution in [2.75, 3.05) is 20.1 Å². The first-order valence-corrected chi connectivity index (χ1v) is 6.83. The Labute approximate surface area is 112 Å². The SMILES string of the molecule is CN1CCC2CN(Cc3[nH]c4ccccc4c32)C1=O. The van der Waals surface area contributed by atoms with Gasteiger partial charge in [-0.2, -0.15) is 0 Å². The molecule has 0 aliphatic carbocycles. The first kappa shape index (κ1) is 10.9. The molecule has 4 rings (SSSR count). The fraction of sp³-hybridized carbons (Fsp3) is 0.400. The Kier molecular flexibility index (Phi) is 2.16. The first-order valence-electron chi connectivity index (χ1n) is 6.83. The van der Waals surface area contributed by atoms with Gasteiger partial charge in [0.25, 0.3) is 0 Å². The van der Waals surface area contributed by atoms with E-state index >= 15 is 0 Å². The van der Waals surface area contributed by atoms with E-state index in [1.165, 1.54) is 22.2 Å². The molecule has 1 fully saturated rings. The second kappa shape index (κ2) is 3.76. The molecule has 1 unspecified atom stereocenters. The van der Waals surface area contributed by atoms with Crippen LogP contribution in [0.5, 0.6) is 0 Å². The maximum Gasteiger partial charge on any atom is 0.320 e. The lowest BCUT2D eigenvalue weighted by Gasteiger charge is -2.30. The molecule has 3 heterocycles. The number of hydrogen-bond acceptors (Lipinski definition) is 1. The molecule has 2 aromatic rings. The molecular formula is C15H17N3O. The molecule has 19 heavy (non-hydrogen) atoms. The zero-order valence-corrected chi connectivity index (χ0v) is 11.0. The highest BCUT2D eigenvalue weighted by molar-refractivity contribution is 5.86. The maximum atomic E-state index is 12.2. The minimum absolute atomic E-state index is 0.159. The Hall–Kier alpha value is -1.97. The van der Waals surface area contributed by atoms with Crippen molar-refractivity contribution in [1.29, 1.82) is 0 Å². The molecule has 1 atom stereocenters. The zero-order valence-electron chi connectivity index (χ0n) is 11.0. The Morgan fingerprint density at radius 3 is 3.05 bits per heavy atom. The summed E-state index contributed by atoms with van der Waals surface area (Å²) in [6.45, 7) is 2.42. The Morgan fingerprint density at radius 1 is 1.32 bits per heavy atom. The summed E-state index contributed by atoms with van der Waals surface area (Å²) < 4.78 is 0. The standard InChI is InChI=1S/C15H17N3O/c1-17-7-6-10-8-18(15(17)19)9-13-14(10)11-4-2-3-5-12(11)16-13/h2-5,10,16H,6-9H2,1H3. The van der Waals surface area contributed by atoms with Crippen molar-refractivity contribution in [3.63, 3.8) is 0 Å². The quantitative estimate of drug-likeness (QED) is 0.772. The lowest BCUT2D eigenvalue weighted by molar-refractivity contribution is 0.166. The van der Waals surface area contributed by atoms with Crippen molar-refractivity contribution in [3.05, 3.63) is 35.5 Å². The molecule has 0 radical (unpaired) electrons. The van der Waals surface area contributed by atoms with Gasteiger partial charge in [-0.25, -0.2) is 4.79 Å². The molecule has 1 N–H and O–H groups in total. The van der Waals surface area contributed by atoms with Crippen molar-refractivity contribution < 1.29 is 4.79 Å². The highest BCUT2D eigenvalue weighted by atomic mass is 16.2. The normalized spacial score (nSPS) is 22.6. The van der Waals surface area contributed by atoms with Crippen LogP contribution in [0.25, 0.3) is 10.9 Å². The Morgan fingerprint density at radius 2 is 2.16 bits per heavy atom. The van der Waals surface area contributed by atoms with E-state index in [2.05, 4.69) is 29.2 Å². The van der Waals surface area contributed by atoms with Crippen molar-refractivity contribution in [2.45, 2.75) is 18.9 Å². The monoisotopic (exact) mass is 255 g/mol. The molecule has 2 aliphatic rings. The molecule has 2 amide bonds. The van der Waals surface area contributed by atoms with Crippen LogP contribution < -0.4 is 0 Å². The Bertz CT molecular complexity index is 660. The molecule has 4 nitrogen and oxygen atoms in total. The number of benzene rings is 1. The van der Waals surface area contributed by atoms with Gasteiger partial charge in [-0.05, 0) is 18.1 Å². The number of fused-ring (bicyclic) bond motifs is 6. The first-order chi connectivity index (χ1) is 9.24. The number of aromatic amines is 1. The number of hydrogen-bond donors (Lipinski definition) is 1. The highest BCUT2D eigenvalue weighted by Gasteiger charge is 2.34. The summed E-state index contributed by atoms with van der Waals surface area (Å²) >= 11 is 0. The molecule has 0 saturated carbocycles. The number of nitrogens with zero attached hydrogens (tertiary/aromatic N) is 2. The van der Waals surface area contributed by atoms with Gasteiger partial charge in [0.1, 0.15) is 0 Å². The summed E-state index contributed by atoms with van der Waals surface area (Å²) in [5.41, 5.74) is 3.86. The average Bonchev–Trinajstić information content (AvgIpc) is 2.76. The topological polar surface area (TPSA) is 39.3 Å². The minimum atomic E-state index is 0.159. The van der Waals surface area contributed by atoms with Crippen molar-refractivity contribution in [3.8, 4) is 0 Å². The summed E-state index contributed by atoms with van der Waals surface area (Å²) in [6, 6.07) is 8.62. The van der Waals surface area contributed by atoms with Crippen LogP contribution >= 0.6 is 0 Å². The lowest BCUT2D eigenvalue weighted by atomic mass is 9.90. The second-order valence-corrected chi connectivity index (χ2v) is 5.63. The zero-order chi connectivity index (χ0) is 13.0. The number of amides is 2.